The van der Waals surface area contributed by atoms with Gasteiger partial charge in [-0.15, -0.1) is 5.10 Å². The van der Waals surface area contributed by atoms with Gasteiger partial charge in [0.2, 0.25) is 5.88 Å². The number of amides is 1. The third-order valence-corrected chi connectivity index (χ3v) is 8.03. The van der Waals surface area contributed by atoms with Crippen LogP contribution in [0.1, 0.15) is 31.2 Å². The second-order valence-corrected chi connectivity index (χ2v) is 10.9. The van der Waals surface area contributed by atoms with E-state index in [-0.39, 0.29) is 5.41 Å². The number of halogens is 2. The Morgan fingerprint density at radius 3 is 2.89 bits per heavy atom. The Morgan fingerprint density at radius 1 is 1.29 bits per heavy atom. The minimum atomic E-state index is -0.859. The fourth-order valence-electron chi connectivity index (χ4n) is 5.41. The van der Waals surface area contributed by atoms with E-state index in [0.717, 1.165) is 49.7 Å². The van der Waals surface area contributed by atoms with Crippen LogP contribution in [0.3, 0.4) is 0 Å². The molecule has 0 radical (unpaired) electrons. The number of ether oxygens (including phenoxy) is 1. The number of fused-ring (bicyclic) bond motifs is 1. The van der Waals surface area contributed by atoms with Crippen LogP contribution in [0.15, 0.2) is 28.9 Å². The summed E-state index contributed by atoms with van der Waals surface area (Å²) in [6.45, 7) is 4.04. The lowest BCUT2D eigenvalue weighted by molar-refractivity contribution is -0.0532. The van der Waals surface area contributed by atoms with E-state index in [9.17, 15) is 14.3 Å². The summed E-state index contributed by atoms with van der Waals surface area (Å²) in [5, 5.41) is 18.0. The number of carboxylic acid groups (broad SMARTS) is 1. The lowest BCUT2D eigenvalue weighted by atomic mass is 9.73. The Morgan fingerprint density at radius 2 is 2.11 bits per heavy atom. The fourth-order valence-corrected chi connectivity index (χ4v) is 5.90. The van der Waals surface area contributed by atoms with Gasteiger partial charge in [0.25, 0.3) is 0 Å². The van der Waals surface area contributed by atoms with Crippen LogP contribution in [0.4, 0.5) is 9.18 Å². The van der Waals surface area contributed by atoms with Crippen LogP contribution in [0, 0.1) is 17.2 Å². The van der Waals surface area contributed by atoms with E-state index in [1.165, 1.54) is 23.8 Å². The highest BCUT2D eigenvalue weighted by molar-refractivity contribution is 9.10. The molecule has 6 rings (SSSR count). The van der Waals surface area contributed by atoms with Crippen molar-refractivity contribution >= 4 is 33.1 Å². The molecule has 3 aliphatic rings. The molecule has 2 saturated heterocycles. The highest BCUT2D eigenvalue weighted by atomic mass is 79.9. The Balaban J connectivity index is 1.18. The monoisotopic (exact) mass is 544 g/mol. The number of aromatic nitrogens is 4. The van der Waals surface area contributed by atoms with Gasteiger partial charge in [-0.1, -0.05) is 5.21 Å². The highest BCUT2D eigenvalue weighted by Crippen LogP contribution is 2.41. The molecule has 3 aromatic rings. The molecule has 1 aromatic carbocycles. The van der Waals surface area contributed by atoms with Gasteiger partial charge in [-0.3, -0.25) is 4.90 Å². The molecule has 1 amide bonds. The van der Waals surface area contributed by atoms with Gasteiger partial charge in [0, 0.05) is 50.2 Å². The maximum atomic E-state index is 14.1. The Labute approximate surface area is 210 Å². The van der Waals surface area contributed by atoms with Crippen LogP contribution < -0.4 is 4.74 Å². The summed E-state index contributed by atoms with van der Waals surface area (Å²) in [6.07, 6.45) is 4.64. The van der Waals surface area contributed by atoms with Crippen molar-refractivity contribution in [3.05, 3.63) is 40.2 Å². The van der Waals surface area contributed by atoms with Crippen LogP contribution in [0.25, 0.3) is 11.0 Å². The van der Waals surface area contributed by atoms with Crippen molar-refractivity contribution in [2.24, 2.45) is 11.3 Å². The number of pyridine rings is 1. The maximum absolute atomic E-state index is 14.1. The van der Waals surface area contributed by atoms with Gasteiger partial charge in [0.05, 0.1) is 16.2 Å². The van der Waals surface area contributed by atoms with E-state index >= 15 is 0 Å². The van der Waals surface area contributed by atoms with Crippen LogP contribution >= 0.6 is 15.9 Å². The number of carbonyl (C=O) groups is 1. The molecular weight excluding hydrogens is 519 g/mol. The molecular formula is C24H26BrFN6O3. The molecule has 2 aromatic heterocycles. The first-order valence-electron chi connectivity index (χ1n) is 11.9. The number of rotatable bonds is 6. The predicted octanol–water partition coefficient (Wildman–Crippen LogP) is 4.51. The lowest BCUT2D eigenvalue weighted by Gasteiger charge is -2.54. The van der Waals surface area contributed by atoms with Crippen LogP contribution in [0.5, 0.6) is 11.6 Å². The molecule has 3 fully saturated rings. The molecule has 11 heteroatoms. The number of benzene rings is 1. The first-order chi connectivity index (χ1) is 16.9. The van der Waals surface area contributed by atoms with Crippen LogP contribution in [-0.2, 0) is 13.1 Å². The van der Waals surface area contributed by atoms with E-state index in [1.807, 2.05) is 16.8 Å². The molecule has 1 spiro atoms. The molecule has 9 nitrogen and oxygen atoms in total. The molecule has 2 aliphatic heterocycles. The number of hydrogen-bond donors (Lipinski definition) is 1. The summed E-state index contributed by atoms with van der Waals surface area (Å²) in [6, 6.07) is 5.25. The highest BCUT2D eigenvalue weighted by Gasteiger charge is 2.46. The van der Waals surface area contributed by atoms with Gasteiger partial charge in [0.15, 0.2) is 0 Å². The van der Waals surface area contributed by atoms with Crippen molar-refractivity contribution < 1.29 is 19.0 Å². The van der Waals surface area contributed by atoms with E-state index in [2.05, 4.69) is 36.1 Å². The van der Waals surface area contributed by atoms with Crippen LogP contribution in [-0.4, -0.2) is 67.2 Å². The number of hydrogen-bond acceptors (Lipinski definition) is 6. The SMILES string of the molecule is O=C(O)N1CCCC2(CN(Cc3cc(F)cnc3Oc3ccc4c(nnn4CC4CC4)c3Br)C2)C1. The van der Waals surface area contributed by atoms with Crippen molar-refractivity contribution in [3.8, 4) is 11.6 Å². The molecule has 4 heterocycles. The van der Waals surface area contributed by atoms with E-state index in [4.69, 9.17) is 4.74 Å². The fraction of sp³-hybridized carbons (Fsp3) is 0.500. The summed E-state index contributed by atoms with van der Waals surface area (Å²) < 4.78 is 22.9. The molecule has 0 atom stereocenters. The third-order valence-electron chi connectivity index (χ3n) is 7.26. The largest absolute Gasteiger partial charge is 0.465 e. The Bertz CT molecular complexity index is 1290. The van der Waals surface area contributed by atoms with Crippen molar-refractivity contribution in [1.82, 2.24) is 29.8 Å². The van der Waals surface area contributed by atoms with Crippen LogP contribution in [0.2, 0.25) is 0 Å². The number of piperidine rings is 1. The van der Waals surface area contributed by atoms with E-state index in [0.29, 0.717) is 47.2 Å². The summed E-state index contributed by atoms with van der Waals surface area (Å²) in [5.74, 6) is 1.14. The first kappa shape index (κ1) is 22.7. The van der Waals surface area contributed by atoms with E-state index in [1.54, 1.807) is 0 Å². The summed E-state index contributed by atoms with van der Waals surface area (Å²) in [7, 11) is 0. The lowest BCUT2D eigenvalue weighted by Crippen LogP contribution is -2.62. The topological polar surface area (TPSA) is 96.6 Å². The van der Waals surface area contributed by atoms with Crippen molar-refractivity contribution in [2.45, 2.75) is 38.8 Å². The molecule has 0 bridgehead atoms. The molecule has 35 heavy (non-hydrogen) atoms. The van der Waals surface area contributed by atoms with Crippen molar-refractivity contribution in [1.29, 1.82) is 0 Å². The average Bonchev–Trinajstić information content (AvgIpc) is 3.54. The molecule has 184 valence electrons. The quantitative estimate of drug-likeness (QED) is 0.487. The number of likely N-dealkylation sites (tertiary alicyclic amines) is 2. The predicted molar refractivity (Wildman–Crippen MR) is 129 cm³/mol. The van der Waals surface area contributed by atoms with Gasteiger partial charge < -0.3 is 14.7 Å². The zero-order valence-electron chi connectivity index (χ0n) is 19.2. The summed E-state index contributed by atoms with van der Waals surface area (Å²) >= 11 is 3.61. The smallest absolute Gasteiger partial charge is 0.407 e. The maximum Gasteiger partial charge on any atom is 0.407 e. The van der Waals surface area contributed by atoms with Gasteiger partial charge >= 0.3 is 6.09 Å². The first-order valence-corrected chi connectivity index (χ1v) is 12.7. The average molecular weight is 545 g/mol. The van der Waals surface area contributed by atoms with Gasteiger partial charge in [-0.2, -0.15) is 0 Å². The zero-order chi connectivity index (χ0) is 24.2. The Hall–Kier alpha value is -2.79. The second-order valence-electron chi connectivity index (χ2n) is 10.1. The van der Waals surface area contributed by atoms with Crippen molar-refractivity contribution in [3.63, 3.8) is 0 Å². The van der Waals surface area contributed by atoms with Crippen molar-refractivity contribution in [2.75, 3.05) is 26.2 Å². The van der Waals surface area contributed by atoms with Gasteiger partial charge in [-0.25, -0.2) is 18.9 Å². The van der Waals surface area contributed by atoms with Gasteiger partial charge in [-0.05, 0) is 65.7 Å². The standard InChI is InChI=1S/C24H26BrFN6O3/c25-20-19(5-4-18-21(20)28-29-32(18)10-15-2-3-15)35-22-16(8-17(26)9-27-22)11-30-12-24(13-30)6-1-7-31(14-24)23(33)34/h4-5,8-9,15H,1-3,6-7,10-14H2,(H,33,34). The molecule has 0 unspecified atom stereocenters. The minimum Gasteiger partial charge on any atom is -0.465 e. The zero-order valence-corrected chi connectivity index (χ0v) is 20.7. The summed E-state index contributed by atoms with van der Waals surface area (Å²) in [5.41, 5.74) is 2.29. The van der Waals surface area contributed by atoms with E-state index < -0.39 is 11.9 Å². The normalized spacial score (nSPS) is 19.8. The molecule has 1 N–H and O–H groups in total. The number of nitrogens with zero attached hydrogens (tertiary/aromatic N) is 6. The Kier molecular flexibility index (Phi) is 5.63. The molecule has 1 aliphatic carbocycles. The minimum absolute atomic E-state index is 0.0151. The van der Waals surface area contributed by atoms with Gasteiger partial charge in [0.1, 0.15) is 17.1 Å². The second kappa shape index (κ2) is 8.70. The molecule has 1 saturated carbocycles. The third kappa shape index (κ3) is 4.47. The summed E-state index contributed by atoms with van der Waals surface area (Å²) in [4.78, 5) is 19.3.